The number of azo groups is 1. The molecule has 0 spiro atoms. The highest BCUT2D eigenvalue weighted by atomic mass is 79.9. The average molecular weight is 537 g/mol. The van der Waals surface area contributed by atoms with Crippen molar-refractivity contribution in [2.45, 2.75) is 0 Å². The van der Waals surface area contributed by atoms with Crippen molar-refractivity contribution < 1.29 is 5.11 Å². The van der Waals surface area contributed by atoms with Gasteiger partial charge < -0.3 is 5.11 Å². The number of halogens is 1. The molecule has 5 rings (SSSR count). The number of rotatable bonds is 6. The van der Waals surface area contributed by atoms with Gasteiger partial charge in [0.25, 0.3) is 5.56 Å². The van der Waals surface area contributed by atoms with E-state index in [4.69, 9.17) is 0 Å². The van der Waals surface area contributed by atoms with E-state index in [2.05, 4.69) is 26.2 Å². The van der Waals surface area contributed by atoms with Crippen molar-refractivity contribution in [2.75, 3.05) is 0 Å². The van der Waals surface area contributed by atoms with E-state index >= 15 is 0 Å². The van der Waals surface area contributed by atoms with Gasteiger partial charge in [0.1, 0.15) is 5.56 Å². The van der Waals surface area contributed by atoms with Gasteiger partial charge in [0, 0.05) is 10.0 Å². The van der Waals surface area contributed by atoms with Crippen molar-refractivity contribution >= 4 is 27.2 Å². The Hall–Kier alpha value is -4.49. The normalized spacial score (nSPS) is 11.8. The Bertz CT molecular complexity index is 1590. The molecule has 0 aliphatic heterocycles. The fourth-order valence-corrected chi connectivity index (χ4v) is 4.16. The molecule has 7 heteroatoms. The number of benzene rings is 4. The van der Waals surface area contributed by atoms with Gasteiger partial charge in [0.05, 0.1) is 23.3 Å². The second-order valence-electron chi connectivity index (χ2n) is 7.90. The van der Waals surface area contributed by atoms with Gasteiger partial charge in [0.2, 0.25) is 5.88 Å². The molecule has 1 aromatic heterocycles. The standard InChI is InChI=1S/C29H21BrN4O2/c30-22-16-18-23(19-17-22)32-31-20-26(21-10-4-1-5-11-21)27-28(35)33(24-12-6-2-7-13-24)34(29(27)36)25-14-8-3-9-15-25/h1-20,35H/b26-20-,32-31?. The van der Waals surface area contributed by atoms with Gasteiger partial charge in [-0.25, -0.2) is 9.36 Å². The Kier molecular flexibility index (Phi) is 6.73. The summed E-state index contributed by atoms with van der Waals surface area (Å²) < 4.78 is 3.91. The van der Waals surface area contributed by atoms with Crippen molar-refractivity contribution in [3.8, 4) is 17.3 Å². The highest BCUT2D eigenvalue weighted by Gasteiger charge is 2.25. The number of hydrogen-bond donors (Lipinski definition) is 1. The van der Waals surface area contributed by atoms with Gasteiger partial charge in [-0.2, -0.15) is 10.2 Å². The zero-order chi connectivity index (χ0) is 24.9. The molecule has 0 bridgehead atoms. The van der Waals surface area contributed by atoms with Crippen LogP contribution in [0.4, 0.5) is 5.69 Å². The lowest BCUT2D eigenvalue weighted by Gasteiger charge is -2.12. The van der Waals surface area contributed by atoms with Crippen LogP contribution in [0.15, 0.2) is 141 Å². The lowest BCUT2D eigenvalue weighted by molar-refractivity contribution is 0.424. The molecule has 0 fully saturated rings. The summed E-state index contributed by atoms with van der Waals surface area (Å²) in [7, 11) is 0. The van der Waals surface area contributed by atoms with Crippen LogP contribution in [0.2, 0.25) is 0 Å². The maximum atomic E-state index is 13.9. The van der Waals surface area contributed by atoms with E-state index in [1.54, 1.807) is 0 Å². The van der Waals surface area contributed by atoms with Gasteiger partial charge in [-0.05, 0) is 54.1 Å². The fourth-order valence-electron chi connectivity index (χ4n) is 3.90. The molecule has 0 saturated carbocycles. The predicted octanol–water partition coefficient (Wildman–Crippen LogP) is 7.27. The number of aromatic hydroxyl groups is 1. The quantitative estimate of drug-likeness (QED) is 0.232. The van der Waals surface area contributed by atoms with Crippen LogP contribution in [-0.4, -0.2) is 14.5 Å². The summed E-state index contributed by atoms with van der Waals surface area (Å²) >= 11 is 3.41. The first-order valence-corrected chi connectivity index (χ1v) is 12.0. The largest absolute Gasteiger partial charge is 0.493 e. The van der Waals surface area contributed by atoms with Crippen molar-refractivity contribution in [2.24, 2.45) is 10.2 Å². The first-order chi connectivity index (χ1) is 17.6. The number of nitrogens with zero attached hydrogens (tertiary/aromatic N) is 4. The molecule has 0 amide bonds. The van der Waals surface area contributed by atoms with Gasteiger partial charge in [-0.1, -0.05) is 82.7 Å². The maximum Gasteiger partial charge on any atom is 0.283 e. The van der Waals surface area contributed by atoms with Gasteiger partial charge >= 0.3 is 0 Å². The maximum absolute atomic E-state index is 13.9. The van der Waals surface area contributed by atoms with Crippen molar-refractivity contribution in [1.82, 2.24) is 9.36 Å². The molecular weight excluding hydrogens is 516 g/mol. The third kappa shape index (κ3) is 4.69. The van der Waals surface area contributed by atoms with Crippen LogP contribution in [-0.2, 0) is 0 Å². The zero-order valence-electron chi connectivity index (χ0n) is 19.1. The monoisotopic (exact) mass is 536 g/mol. The van der Waals surface area contributed by atoms with E-state index in [0.717, 1.165) is 10.0 Å². The molecule has 1 N–H and O–H groups in total. The molecule has 1 heterocycles. The first kappa shape index (κ1) is 23.3. The number of aromatic nitrogens is 2. The second kappa shape index (κ2) is 10.4. The Morgan fingerprint density at radius 3 is 1.83 bits per heavy atom. The second-order valence-corrected chi connectivity index (χ2v) is 8.81. The molecular formula is C29H21BrN4O2. The zero-order valence-corrected chi connectivity index (χ0v) is 20.7. The molecule has 0 unspecified atom stereocenters. The third-order valence-corrected chi connectivity index (χ3v) is 6.10. The average Bonchev–Trinajstić information content (AvgIpc) is 3.19. The van der Waals surface area contributed by atoms with Crippen LogP contribution < -0.4 is 5.56 Å². The number of hydrogen-bond acceptors (Lipinski definition) is 4. The molecule has 0 aliphatic rings. The van der Waals surface area contributed by atoms with Gasteiger partial charge in [-0.3, -0.25) is 4.79 Å². The predicted molar refractivity (Wildman–Crippen MR) is 145 cm³/mol. The Morgan fingerprint density at radius 1 is 0.722 bits per heavy atom. The Balaban J connectivity index is 1.74. The van der Waals surface area contributed by atoms with Gasteiger partial charge in [0.15, 0.2) is 0 Å². The lowest BCUT2D eigenvalue weighted by Crippen LogP contribution is -2.21. The summed E-state index contributed by atoms with van der Waals surface area (Å²) in [5.41, 5.74) is 2.86. The third-order valence-electron chi connectivity index (χ3n) is 5.57. The lowest BCUT2D eigenvalue weighted by atomic mass is 10.0. The van der Waals surface area contributed by atoms with Crippen LogP contribution in [0, 0.1) is 0 Å². The molecule has 0 aliphatic carbocycles. The molecule has 4 aromatic carbocycles. The number of para-hydroxylation sites is 2. The summed E-state index contributed by atoms with van der Waals surface area (Å²) in [6.07, 6.45) is 1.51. The van der Waals surface area contributed by atoms with E-state index in [1.807, 2.05) is 115 Å². The SMILES string of the molecule is O=c1c(/C(=C\N=Nc2ccc(Br)cc2)c2ccccc2)c(O)n(-c2ccccc2)n1-c1ccccc1. The molecule has 0 saturated heterocycles. The molecule has 36 heavy (non-hydrogen) atoms. The molecule has 6 nitrogen and oxygen atoms in total. The Morgan fingerprint density at radius 2 is 1.25 bits per heavy atom. The van der Waals surface area contributed by atoms with Gasteiger partial charge in [-0.15, -0.1) is 0 Å². The van der Waals surface area contributed by atoms with Crippen LogP contribution in [0.5, 0.6) is 5.88 Å². The van der Waals surface area contributed by atoms with Crippen LogP contribution in [0.25, 0.3) is 16.9 Å². The van der Waals surface area contributed by atoms with Crippen LogP contribution in [0.1, 0.15) is 11.1 Å². The van der Waals surface area contributed by atoms with Crippen molar-refractivity contribution in [3.05, 3.63) is 147 Å². The molecule has 0 atom stereocenters. The van der Waals surface area contributed by atoms with E-state index in [9.17, 15) is 9.90 Å². The minimum absolute atomic E-state index is 0.128. The van der Waals surface area contributed by atoms with Crippen molar-refractivity contribution in [1.29, 1.82) is 0 Å². The summed E-state index contributed by atoms with van der Waals surface area (Å²) in [6, 6.07) is 35.3. The molecule has 5 aromatic rings. The highest BCUT2D eigenvalue weighted by Crippen LogP contribution is 2.32. The van der Waals surface area contributed by atoms with Crippen LogP contribution in [0.3, 0.4) is 0 Å². The highest BCUT2D eigenvalue weighted by molar-refractivity contribution is 9.10. The van der Waals surface area contributed by atoms with E-state index < -0.39 is 0 Å². The topological polar surface area (TPSA) is 71.9 Å². The summed E-state index contributed by atoms with van der Waals surface area (Å²) in [5, 5.41) is 20.1. The summed E-state index contributed by atoms with van der Waals surface area (Å²) in [5.74, 6) is -0.191. The molecule has 176 valence electrons. The summed E-state index contributed by atoms with van der Waals surface area (Å²) in [4.78, 5) is 13.9. The van der Waals surface area contributed by atoms with E-state index in [1.165, 1.54) is 15.6 Å². The molecule has 0 radical (unpaired) electrons. The van der Waals surface area contributed by atoms with E-state index in [-0.39, 0.29) is 17.0 Å². The Labute approximate surface area is 216 Å². The first-order valence-electron chi connectivity index (χ1n) is 11.2. The smallest absolute Gasteiger partial charge is 0.283 e. The summed E-state index contributed by atoms with van der Waals surface area (Å²) in [6.45, 7) is 0. The minimum atomic E-state index is -0.378. The fraction of sp³-hybridized carbons (Fsp3) is 0. The van der Waals surface area contributed by atoms with Crippen LogP contribution >= 0.6 is 15.9 Å². The van der Waals surface area contributed by atoms with Crippen molar-refractivity contribution in [3.63, 3.8) is 0 Å². The van der Waals surface area contributed by atoms with E-state index in [0.29, 0.717) is 22.6 Å². The minimum Gasteiger partial charge on any atom is -0.493 e.